The van der Waals surface area contributed by atoms with Crippen molar-refractivity contribution in [1.29, 1.82) is 0 Å². The molecule has 0 saturated carbocycles. The number of aromatic nitrogens is 3. The monoisotopic (exact) mass is 382 g/mol. The van der Waals surface area contributed by atoms with Crippen LogP contribution in [0.4, 0.5) is 5.82 Å². The van der Waals surface area contributed by atoms with Crippen LogP contribution in [-0.2, 0) is 18.4 Å². The molecule has 3 aromatic rings. The first kappa shape index (κ1) is 19.5. The Balaban J connectivity index is 2.01. The first-order chi connectivity index (χ1) is 13.5. The molecule has 2 N–H and O–H groups in total. The molecule has 8 nitrogen and oxygen atoms in total. The molecule has 0 aliphatic carbocycles. The van der Waals surface area contributed by atoms with Gasteiger partial charge in [-0.15, -0.1) is 0 Å². The third-order valence-electron chi connectivity index (χ3n) is 4.78. The minimum Gasteiger partial charge on any atom is -0.481 e. The van der Waals surface area contributed by atoms with Gasteiger partial charge in [-0.3, -0.25) is 14.5 Å². The quantitative estimate of drug-likeness (QED) is 0.649. The van der Waals surface area contributed by atoms with E-state index >= 15 is 0 Å². The van der Waals surface area contributed by atoms with E-state index in [9.17, 15) is 19.8 Å². The second-order valence-corrected chi connectivity index (χ2v) is 6.50. The van der Waals surface area contributed by atoms with Gasteiger partial charge < -0.3 is 14.8 Å². The normalized spacial score (nSPS) is 12.1. The van der Waals surface area contributed by atoms with E-state index in [0.29, 0.717) is 29.1 Å². The predicted molar refractivity (Wildman–Crippen MR) is 104 cm³/mol. The topological polar surface area (TPSA) is 109 Å². The van der Waals surface area contributed by atoms with E-state index in [4.69, 9.17) is 0 Å². The van der Waals surface area contributed by atoms with Crippen molar-refractivity contribution in [1.82, 2.24) is 14.5 Å². The number of fused-ring (bicyclic) bond motifs is 1. The molecule has 0 aliphatic heterocycles. The Morgan fingerprint density at radius 2 is 2.04 bits per heavy atom. The molecule has 0 aliphatic rings. The lowest BCUT2D eigenvalue weighted by Crippen LogP contribution is -2.38. The van der Waals surface area contributed by atoms with E-state index in [1.165, 1.54) is 4.90 Å². The first-order valence-electron chi connectivity index (χ1n) is 8.98. The number of rotatable bonds is 7. The molecule has 1 amide bonds. The van der Waals surface area contributed by atoms with Crippen LogP contribution in [0.15, 0.2) is 42.6 Å². The number of anilines is 1. The molecule has 146 valence electrons. The summed E-state index contributed by atoms with van der Waals surface area (Å²) >= 11 is 0. The molecule has 0 radical (unpaired) electrons. The molecule has 0 fully saturated rings. The van der Waals surface area contributed by atoms with Crippen molar-refractivity contribution in [3.8, 4) is 0 Å². The number of aryl methyl sites for hydroxylation is 1. The molecule has 1 atom stereocenters. The highest BCUT2D eigenvalue weighted by Crippen LogP contribution is 2.21. The van der Waals surface area contributed by atoms with Crippen LogP contribution in [0.25, 0.3) is 11.0 Å². The summed E-state index contributed by atoms with van der Waals surface area (Å²) in [6.45, 7) is 1.59. The van der Waals surface area contributed by atoms with Gasteiger partial charge in [0.05, 0.1) is 17.0 Å². The summed E-state index contributed by atoms with van der Waals surface area (Å²) in [5.41, 5.74) is 1.76. The molecule has 0 saturated heterocycles. The predicted octanol–water partition coefficient (Wildman–Crippen LogP) is 2.22. The summed E-state index contributed by atoms with van der Waals surface area (Å²) < 4.78 is 1.76. The number of pyridine rings is 1. The lowest BCUT2D eigenvalue weighted by Gasteiger charge is -2.24. The fraction of sp³-hybridized carbons (Fsp3) is 0.300. The van der Waals surface area contributed by atoms with Crippen LogP contribution in [0.3, 0.4) is 0 Å². The maximum Gasteiger partial charge on any atom is 0.308 e. The third-order valence-corrected chi connectivity index (χ3v) is 4.78. The molecule has 0 spiro atoms. The van der Waals surface area contributed by atoms with Crippen molar-refractivity contribution >= 4 is 28.7 Å². The minimum absolute atomic E-state index is 0.0177. The number of amides is 1. The third kappa shape index (κ3) is 3.72. The van der Waals surface area contributed by atoms with Crippen LogP contribution in [0.2, 0.25) is 0 Å². The fourth-order valence-corrected chi connectivity index (χ4v) is 3.08. The number of benzene rings is 1. The van der Waals surface area contributed by atoms with Crippen molar-refractivity contribution in [3.63, 3.8) is 0 Å². The lowest BCUT2D eigenvalue weighted by molar-refractivity contribution is -0.141. The van der Waals surface area contributed by atoms with Crippen molar-refractivity contribution in [3.05, 3.63) is 54.0 Å². The summed E-state index contributed by atoms with van der Waals surface area (Å²) in [5.74, 6) is -1.12. The first-order valence-corrected chi connectivity index (χ1v) is 8.98. The van der Waals surface area contributed by atoms with Gasteiger partial charge >= 0.3 is 5.97 Å². The van der Waals surface area contributed by atoms with Gasteiger partial charge in [-0.05, 0) is 36.8 Å². The highest BCUT2D eigenvalue weighted by molar-refractivity contribution is 6.07. The standard InChI is InChI=1S/C20H22N4O4/c1-3-13(20(27)28)11-24(17-6-4-5-9-21-17)19(26)14-7-8-16-15(10-14)22-18(12-25)23(16)2/h4-10,13,25H,3,11-12H2,1-2H3,(H,27,28). The van der Waals surface area contributed by atoms with Crippen LogP contribution in [-0.4, -0.2) is 43.2 Å². The number of aliphatic hydroxyl groups excluding tert-OH is 1. The number of carbonyl (C=O) groups excluding carboxylic acids is 1. The van der Waals surface area contributed by atoms with Gasteiger partial charge in [-0.2, -0.15) is 0 Å². The Morgan fingerprint density at radius 1 is 1.25 bits per heavy atom. The fourth-order valence-electron chi connectivity index (χ4n) is 3.08. The number of imidazole rings is 1. The molecule has 2 aromatic heterocycles. The molecule has 0 bridgehead atoms. The Bertz CT molecular complexity index is 1000. The van der Waals surface area contributed by atoms with Crippen molar-refractivity contribution in [2.45, 2.75) is 20.0 Å². The zero-order valence-corrected chi connectivity index (χ0v) is 15.7. The van der Waals surface area contributed by atoms with Gasteiger partial charge in [-0.1, -0.05) is 13.0 Å². The molecular formula is C20H22N4O4. The van der Waals surface area contributed by atoms with Gasteiger partial charge in [0.2, 0.25) is 0 Å². The molecule has 1 unspecified atom stereocenters. The number of hydrogen-bond donors (Lipinski definition) is 2. The minimum atomic E-state index is -0.955. The van der Waals surface area contributed by atoms with Crippen molar-refractivity contribution < 1.29 is 19.8 Å². The second-order valence-electron chi connectivity index (χ2n) is 6.50. The van der Waals surface area contributed by atoms with Crippen LogP contribution in [0.5, 0.6) is 0 Å². The number of aliphatic carboxylic acids is 1. The van der Waals surface area contributed by atoms with Crippen LogP contribution >= 0.6 is 0 Å². The van der Waals surface area contributed by atoms with E-state index in [2.05, 4.69) is 9.97 Å². The number of carboxylic acids is 1. The van der Waals surface area contributed by atoms with Crippen LogP contribution < -0.4 is 4.90 Å². The zero-order chi connectivity index (χ0) is 20.3. The number of carboxylic acid groups (broad SMARTS) is 1. The Kier molecular flexibility index (Phi) is 5.70. The van der Waals surface area contributed by atoms with Gasteiger partial charge in [0, 0.05) is 25.4 Å². The van der Waals surface area contributed by atoms with Gasteiger partial charge in [0.1, 0.15) is 18.2 Å². The highest BCUT2D eigenvalue weighted by Gasteiger charge is 2.26. The molecule has 3 rings (SSSR count). The van der Waals surface area contributed by atoms with E-state index in [1.807, 2.05) is 0 Å². The van der Waals surface area contributed by atoms with Crippen molar-refractivity contribution in [2.24, 2.45) is 13.0 Å². The van der Waals surface area contributed by atoms with E-state index in [1.54, 1.807) is 61.1 Å². The molecule has 28 heavy (non-hydrogen) atoms. The number of hydrogen-bond acceptors (Lipinski definition) is 5. The van der Waals surface area contributed by atoms with Crippen LogP contribution in [0.1, 0.15) is 29.5 Å². The molecule has 2 heterocycles. The second kappa shape index (κ2) is 8.18. The molecule has 8 heteroatoms. The number of carbonyl (C=O) groups is 2. The summed E-state index contributed by atoms with van der Waals surface area (Å²) in [5, 5.41) is 18.8. The average Bonchev–Trinajstić information content (AvgIpc) is 3.04. The smallest absolute Gasteiger partial charge is 0.308 e. The molecule has 1 aromatic carbocycles. The van der Waals surface area contributed by atoms with Crippen molar-refractivity contribution in [2.75, 3.05) is 11.4 Å². The lowest BCUT2D eigenvalue weighted by atomic mass is 10.1. The maximum absolute atomic E-state index is 13.2. The van der Waals surface area contributed by atoms with E-state index < -0.39 is 11.9 Å². The van der Waals surface area contributed by atoms with Crippen LogP contribution in [0, 0.1) is 5.92 Å². The Morgan fingerprint density at radius 3 is 2.64 bits per heavy atom. The van der Waals surface area contributed by atoms with E-state index in [0.717, 1.165) is 5.52 Å². The SMILES string of the molecule is CCC(CN(C(=O)c1ccc2c(c1)nc(CO)n2C)c1ccccn1)C(=O)O. The van der Waals surface area contributed by atoms with Gasteiger partial charge in [0.15, 0.2) is 0 Å². The zero-order valence-electron chi connectivity index (χ0n) is 15.7. The number of aliphatic hydroxyl groups is 1. The van der Waals surface area contributed by atoms with E-state index in [-0.39, 0.29) is 19.1 Å². The summed E-state index contributed by atoms with van der Waals surface area (Å²) in [6.07, 6.45) is 1.96. The molecular weight excluding hydrogens is 360 g/mol. The van der Waals surface area contributed by atoms with Gasteiger partial charge in [0.25, 0.3) is 5.91 Å². The summed E-state index contributed by atoms with van der Waals surface area (Å²) in [6, 6.07) is 10.2. The van der Waals surface area contributed by atoms with Gasteiger partial charge in [-0.25, -0.2) is 9.97 Å². The summed E-state index contributed by atoms with van der Waals surface area (Å²) in [4.78, 5) is 34.7. The average molecular weight is 382 g/mol. The maximum atomic E-state index is 13.2. The number of nitrogens with zero attached hydrogens (tertiary/aromatic N) is 4. The largest absolute Gasteiger partial charge is 0.481 e. The Labute approximate surface area is 162 Å². The Hall–Kier alpha value is -3.26. The highest BCUT2D eigenvalue weighted by atomic mass is 16.4. The summed E-state index contributed by atoms with van der Waals surface area (Å²) in [7, 11) is 1.79.